The SMILES string of the molecule is CN1C(=O)CCc2cc(NS(=O)(=O)Cc3ccc(Cl)cc3)ccc21. The van der Waals surface area contributed by atoms with Gasteiger partial charge in [0.05, 0.1) is 5.75 Å². The molecule has 0 radical (unpaired) electrons. The molecule has 0 spiro atoms. The standard InChI is InChI=1S/C17H17ClN2O3S/c1-20-16-8-7-15(10-13(16)4-9-17(20)21)19-24(22,23)11-12-2-5-14(18)6-3-12/h2-3,5-8,10,19H,4,9,11H2,1H3. The van der Waals surface area contributed by atoms with Crippen molar-refractivity contribution < 1.29 is 13.2 Å². The average molecular weight is 365 g/mol. The molecule has 24 heavy (non-hydrogen) atoms. The lowest BCUT2D eigenvalue weighted by Crippen LogP contribution is -2.31. The lowest BCUT2D eigenvalue weighted by molar-refractivity contribution is -0.118. The van der Waals surface area contributed by atoms with Gasteiger partial charge in [-0.25, -0.2) is 8.42 Å². The van der Waals surface area contributed by atoms with E-state index in [-0.39, 0.29) is 11.7 Å². The van der Waals surface area contributed by atoms with Crippen LogP contribution in [0.2, 0.25) is 5.02 Å². The van der Waals surface area contributed by atoms with Crippen molar-refractivity contribution in [3.63, 3.8) is 0 Å². The Labute approximate surface area is 146 Å². The van der Waals surface area contributed by atoms with Crippen LogP contribution in [-0.2, 0) is 27.0 Å². The van der Waals surface area contributed by atoms with Crippen molar-refractivity contribution in [1.29, 1.82) is 0 Å². The molecule has 0 saturated carbocycles. The number of carbonyl (C=O) groups is 1. The van der Waals surface area contributed by atoms with Gasteiger partial charge >= 0.3 is 0 Å². The van der Waals surface area contributed by atoms with Crippen molar-refractivity contribution in [1.82, 2.24) is 0 Å². The summed E-state index contributed by atoms with van der Waals surface area (Å²) in [6, 6.07) is 11.9. The highest BCUT2D eigenvalue weighted by atomic mass is 35.5. The Morgan fingerprint density at radius 3 is 2.54 bits per heavy atom. The fourth-order valence-corrected chi connectivity index (χ4v) is 4.05. The van der Waals surface area contributed by atoms with E-state index in [1.807, 2.05) is 0 Å². The molecular formula is C17H17ClN2O3S. The number of sulfonamides is 1. The number of anilines is 2. The van der Waals surface area contributed by atoms with Crippen LogP contribution < -0.4 is 9.62 Å². The molecular weight excluding hydrogens is 348 g/mol. The van der Waals surface area contributed by atoms with E-state index in [1.54, 1.807) is 54.4 Å². The number of hydrogen-bond donors (Lipinski definition) is 1. The fourth-order valence-electron chi connectivity index (χ4n) is 2.74. The number of hydrogen-bond acceptors (Lipinski definition) is 3. The van der Waals surface area contributed by atoms with E-state index in [1.165, 1.54) is 0 Å². The topological polar surface area (TPSA) is 66.5 Å². The van der Waals surface area contributed by atoms with E-state index in [2.05, 4.69) is 4.72 Å². The molecule has 1 aliphatic rings. The Morgan fingerprint density at radius 1 is 1.12 bits per heavy atom. The predicted molar refractivity (Wildman–Crippen MR) is 95.9 cm³/mol. The molecule has 1 aliphatic heterocycles. The third-order valence-corrected chi connectivity index (χ3v) is 5.48. The van der Waals surface area contributed by atoms with Gasteiger partial charge in [-0.15, -0.1) is 0 Å². The maximum atomic E-state index is 12.3. The smallest absolute Gasteiger partial charge is 0.236 e. The van der Waals surface area contributed by atoms with Crippen LogP contribution in [-0.4, -0.2) is 21.4 Å². The van der Waals surface area contributed by atoms with Crippen molar-refractivity contribution in [2.24, 2.45) is 0 Å². The maximum Gasteiger partial charge on any atom is 0.236 e. The van der Waals surface area contributed by atoms with Gasteiger partial charge < -0.3 is 4.90 Å². The second-order valence-electron chi connectivity index (χ2n) is 5.78. The minimum atomic E-state index is -3.52. The van der Waals surface area contributed by atoms with Crippen LogP contribution in [0.15, 0.2) is 42.5 Å². The van der Waals surface area contributed by atoms with Gasteiger partial charge in [-0.3, -0.25) is 9.52 Å². The lowest BCUT2D eigenvalue weighted by Gasteiger charge is -2.26. The van der Waals surface area contributed by atoms with E-state index >= 15 is 0 Å². The summed E-state index contributed by atoms with van der Waals surface area (Å²) < 4.78 is 27.3. The van der Waals surface area contributed by atoms with E-state index in [9.17, 15) is 13.2 Å². The number of benzene rings is 2. The summed E-state index contributed by atoms with van der Waals surface area (Å²) in [5.41, 5.74) is 2.95. The average Bonchev–Trinajstić information content (AvgIpc) is 2.53. The number of carbonyl (C=O) groups excluding carboxylic acids is 1. The van der Waals surface area contributed by atoms with Crippen molar-refractivity contribution in [3.05, 3.63) is 58.6 Å². The summed E-state index contributed by atoms with van der Waals surface area (Å²) in [6.45, 7) is 0. The van der Waals surface area contributed by atoms with Gasteiger partial charge in [-0.05, 0) is 47.9 Å². The number of fused-ring (bicyclic) bond motifs is 1. The highest BCUT2D eigenvalue weighted by Gasteiger charge is 2.21. The minimum Gasteiger partial charge on any atom is -0.315 e. The molecule has 1 N–H and O–H groups in total. The van der Waals surface area contributed by atoms with Crippen LogP contribution in [0.3, 0.4) is 0 Å². The summed E-state index contributed by atoms with van der Waals surface area (Å²) in [5, 5.41) is 0.567. The minimum absolute atomic E-state index is 0.0681. The van der Waals surface area contributed by atoms with E-state index < -0.39 is 10.0 Å². The van der Waals surface area contributed by atoms with Crippen LogP contribution in [0.25, 0.3) is 0 Å². The van der Waals surface area contributed by atoms with Crippen molar-refractivity contribution in [3.8, 4) is 0 Å². The predicted octanol–water partition coefficient (Wildman–Crippen LogP) is 3.19. The van der Waals surface area contributed by atoms with Crippen molar-refractivity contribution in [2.45, 2.75) is 18.6 Å². The second kappa shape index (κ2) is 6.45. The highest BCUT2D eigenvalue weighted by Crippen LogP contribution is 2.29. The Kier molecular flexibility index (Phi) is 4.51. The van der Waals surface area contributed by atoms with Crippen LogP contribution >= 0.6 is 11.6 Å². The quantitative estimate of drug-likeness (QED) is 0.906. The summed E-state index contributed by atoms with van der Waals surface area (Å²) in [4.78, 5) is 13.3. The molecule has 0 aromatic heterocycles. The number of aryl methyl sites for hydroxylation is 1. The van der Waals surface area contributed by atoms with E-state index in [0.29, 0.717) is 29.1 Å². The van der Waals surface area contributed by atoms with Gasteiger partial charge in [0.2, 0.25) is 15.9 Å². The third kappa shape index (κ3) is 3.71. The van der Waals surface area contributed by atoms with Crippen molar-refractivity contribution >= 4 is 38.9 Å². The Morgan fingerprint density at radius 2 is 1.83 bits per heavy atom. The number of halogens is 1. The first-order valence-corrected chi connectivity index (χ1v) is 9.51. The Balaban J connectivity index is 1.78. The molecule has 3 rings (SSSR count). The largest absolute Gasteiger partial charge is 0.315 e. The van der Waals surface area contributed by atoms with E-state index in [0.717, 1.165) is 11.3 Å². The summed E-state index contributed by atoms with van der Waals surface area (Å²) in [5.74, 6) is -0.0572. The molecule has 0 unspecified atom stereocenters. The van der Waals surface area contributed by atoms with Crippen LogP contribution in [0.1, 0.15) is 17.5 Å². The normalized spacial score (nSPS) is 14.4. The molecule has 0 atom stereocenters. The second-order valence-corrected chi connectivity index (χ2v) is 7.94. The van der Waals surface area contributed by atoms with Gasteiger partial charge in [0, 0.05) is 29.9 Å². The zero-order valence-electron chi connectivity index (χ0n) is 13.1. The third-order valence-electron chi connectivity index (χ3n) is 3.97. The van der Waals surface area contributed by atoms with Gasteiger partial charge in [-0.2, -0.15) is 0 Å². The molecule has 7 heteroatoms. The number of nitrogens with zero attached hydrogens (tertiary/aromatic N) is 1. The van der Waals surface area contributed by atoms with Gasteiger partial charge in [0.15, 0.2) is 0 Å². The van der Waals surface area contributed by atoms with Crippen LogP contribution in [0.4, 0.5) is 11.4 Å². The molecule has 0 bridgehead atoms. The van der Waals surface area contributed by atoms with Gasteiger partial charge in [0.25, 0.3) is 0 Å². The van der Waals surface area contributed by atoms with Crippen LogP contribution in [0, 0.1) is 0 Å². The molecule has 2 aromatic rings. The Hall–Kier alpha value is -2.05. The summed E-state index contributed by atoms with van der Waals surface area (Å²) in [6.07, 6.45) is 1.05. The molecule has 2 aromatic carbocycles. The highest BCUT2D eigenvalue weighted by molar-refractivity contribution is 7.91. The summed E-state index contributed by atoms with van der Waals surface area (Å²) in [7, 11) is -1.80. The molecule has 0 fully saturated rings. The molecule has 1 heterocycles. The number of rotatable bonds is 4. The monoisotopic (exact) mass is 364 g/mol. The molecule has 0 aliphatic carbocycles. The first-order chi connectivity index (χ1) is 11.3. The molecule has 1 amide bonds. The van der Waals surface area contributed by atoms with Crippen molar-refractivity contribution in [2.75, 3.05) is 16.7 Å². The zero-order valence-corrected chi connectivity index (χ0v) is 14.7. The molecule has 126 valence electrons. The van der Waals surface area contributed by atoms with Crippen LogP contribution in [0.5, 0.6) is 0 Å². The first kappa shape index (κ1) is 16.8. The Bertz CT molecular complexity index is 879. The lowest BCUT2D eigenvalue weighted by atomic mass is 10.0. The van der Waals surface area contributed by atoms with Gasteiger partial charge in [0.1, 0.15) is 0 Å². The number of amides is 1. The number of nitrogens with one attached hydrogen (secondary N) is 1. The molecule has 0 saturated heterocycles. The van der Waals surface area contributed by atoms with Gasteiger partial charge in [-0.1, -0.05) is 23.7 Å². The summed E-state index contributed by atoms with van der Waals surface area (Å²) >= 11 is 5.81. The van der Waals surface area contributed by atoms with E-state index in [4.69, 9.17) is 11.6 Å². The maximum absolute atomic E-state index is 12.3. The molecule has 5 nitrogen and oxygen atoms in total. The fraction of sp³-hybridized carbons (Fsp3) is 0.235. The first-order valence-electron chi connectivity index (χ1n) is 7.48. The zero-order chi connectivity index (χ0) is 17.3.